The highest BCUT2D eigenvalue weighted by molar-refractivity contribution is 5.98. The van der Waals surface area contributed by atoms with E-state index >= 15 is 0 Å². The van der Waals surface area contributed by atoms with Gasteiger partial charge in [0, 0.05) is 12.6 Å². The van der Waals surface area contributed by atoms with Crippen LogP contribution in [0.2, 0.25) is 0 Å². The Bertz CT molecular complexity index is 1140. The Labute approximate surface area is 216 Å². The van der Waals surface area contributed by atoms with E-state index in [-0.39, 0.29) is 25.0 Å². The SMILES string of the molecule is C/C(=N\OCc1ccc(C2CCCCC2)c(C(F)(F)F)c1)c1ccc2c(c1)CCC2N(C)CCC(=O)O. The molecule has 0 heterocycles. The van der Waals surface area contributed by atoms with Gasteiger partial charge < -0.3 is 9.94 Å². The molecule has 37 heavy (non-hydrogen) atoms. The zero-order valence-electron chi connectivity index (χ0n) is 21.5. The minimum Gasteiger partial charge on any atom is -0.481 e. The summed E-state index contributed by atoms with van der Waals surface area (Å²) in [5.41, 5.74) is 4.25. The summed E-state index contributed by atoms with van der Waals surface area (Å²) in [5, 5.41) is 13.1. The Kier molecular flexibility index (Phi) is 8.57. The summed E-state index contributed by atoms with van der Waals surface area (Å²) in [6, 6.07) is 10.8. The molecule has 0 radical (unpaired) electrons. The fourth-order valence-corrected chi connectivity index (χ4v) is 5.67. The molecule has 1 atom stereocenters. The van der Waals surface area contributed by atoms with Crippen molar-refractivity contribution in [1.82, 2.24) is 4.90 Å². The van der Waals surface area contributed by atoms with Crippen molar-refractivity contribution in [2.75, 3.05) is 13.6 Å². The first-order chi connectivity index (χ1) is 17.6. The molecule has 2 aromatic carbocycles. The summed E-state index contributed by atoms with van der Waals surface area (Å²) in [5.74, 6) is -0.834. The fourth-order valence-electron chi connectivity index (χ4n) is 5.67. The highest BCUT2D eigenvalue weighted by Gasteiger charge is 2.36. The Morgan fingerprint density at radius 3 is 2.51 bits per heavy atom. The second-order valence-electron chi connectivity index (χ2n) is 10.3. The molecule has 5 nitrogen and oxygen atoms in total. The minimum atomic E-state index is -4.40. The number of halogens is 3. The first kappa shape index (κ1) is 27.2. The Hall–Kier alpha value is -2.87. The number of benzene rings is 2. The minimum absolute atomic E-state index is 0.0306. The van der Waals surface area contributed by atoms with Crippen molar-refractivity contribution in [2.24, 2.45) is 5.16 Å². The van der Waals surface area contributed by atoms with Crippen LogP contribution < -0.4 is 0 Å². The number of hydrogen-bond acceptors (Lipinski definition) is 4. The van der Waals surface area contributed by atoms with Crippen LogP contribution in [0.4, 0.5) is 13.2 Å². The second kappa shape index (κ2) is 11.7. The maximum Gasteiger partial charge on any atom is 0.416 e. The lowest BCUT2D eigenvalue weighted by Crippen LogP contribution is -2.25. The Morgan fingerprint density at radius 2 is 1.81 bits per heavy atom. The second-order valence-corrected chi connectivity index (χ2v) is 10.3. The van der Waals surface area contributed by atoms with Crippen molar-refractivity contribution in [3.05, 3.63) is 69.8 Å². The largest absolute Gasteiger partial charge is 0.481 e. The zero-order valence-corrected chi connectivity index (χ0v) is 21.5. The number of aryl methyl sites for hydroxylation is 1. The average Bonchev–Trinajstić information content (AvgIpc) is 3.30. The van der Waals surface area contributed by atoms with Crippen molar-refractivity contribution in [3.63, 3.8) is 0 Å². The van der Waals surface area contributed by atoms with Crippen LogP contribution in [0.1, 0.15) is 97.2 Å². The van der Waals surface area contributed by atoms with E-state index in [9.17, 15) is 18.0 Å². The van der Waals surface area contributed by atoms with Crippen LogP contribution in [-0.4, -0.2) is 35.3 Å². The lowest BCUT2D eigenvalue weighted by atomic mass is 9.81. The number of oxime groups is 1. The molecule has 1 saturated carbocycles. The molecule has 1 unspecified atom stereocenters. The molecule has 0 aromatic heterocycles. The predicted octanol–water partition coefficient (Wildman–Crippen LogP) is 7.09. The zero-order chi connectivity index (χ0) is 26.6. The summed E-state index contributed by atoms with van der Waals surface area (Å²) >= 11 is 0. The van der Waals surface area contributed by atoms with E-state index < -0.39 is 17.7 Å². The smallest absolute Gasteiger partial charge is 0.416 e. The van der Waals surface area contributed by atoms with Crippen LogP contribution >= 0.6 is 0 Å². The Balaban J connectivity index is 1.41. The molecule has 0 amide bonds. The maximum absolute atomic E-state index is 13.8. The predicted molar refractivity (Wildman–Crippen MR) is 137 cm³/mol. The lowest BCUT2D eigenvalue weighted by molar-refractivity contribution is -0.139. The number of hydrogen-bond donors (Lipinski definition) is 1. The van der Waals surface area contributed by atoms with Crippen LogP contribution in [0.3, 0.4) is 0 Å². The van der Waals surface area contributed by atoms with Gasteiger partial charge in [-0.1, -0.05) is 48.7 Å². The standard InChI is InChI=1S/C29H35F3N2O3/c1-19(22-9-12-25-23(17-22)10-13-27(25)34(2)15-14-28(35)36)33-37-18-20-8-11-24(21-6-4-3-5-7-21)26(16-20)29(30,31)32/h8-9,11-12,16-17,21,27H,3-7,10,13-15,18H2,1-2H3,(H,35,36)/b33-19+. The number of alkyl halides is 3. The number of carbonyl (C=O) groups is 1. The van der Waals surface area contributed by atoms with Crippen molar-refractivity contribution in [3.8, 4) is 0 Å². The number of fused-ring (bicyclic) bond motifs is 1. The molecule has 200 valence electrons. The summed E-state index contributed by atoms with van der Waals surface area (Å²) < 4.78 is 41.5. The number of rotatable bonds is 9. The third kappa shape index (κ3) is 6.72. The van der Waals surface area contributed by atoms with Gasteiger partial charge in [-0.3, -0.25) is 9.69 Å². The Morgan fingerprint density at radius 1 is 1.08 bits per heavy atom. The molecule has 4 rings (SSSR count). The van der Waals surface area contributed by atoms with Gasteiger partial charge in [-0.2, -0.15) is 13.2 Å². The van der Waals surface area contributed by atoms with Crippen LogP contribution in [0.15, 0.2) is 41.6 Å². The van der Waals surface area contributed by atoms with Gasteiger partial charge in [0.25, 0.3) is 0 Å². The molecule has 1 N–H and O–H groups in total. The molecule has 0 saturated heterocycles. The van der Waals surface area contributed by atoms with Crippen LogP contribution in [0, 0.1) is 0 Å². The van der Waals surface area contributed by atoms with E-state index in [4.69, 9.17) is 9.94 Å². The molecule has 0 aliphatic heterocycles. The average molecular weight is 517 g/mol. The van der Waals surface area contributed by atoms with E-state index in [1.807, 2.05) is 20.0 Å². The first-order valence-electron chi connectivity index (χ1n) is 13.0. The van der Waals surface area contributed by atoms with Crippen LogP contribution in [0.25, 0.3) is 0 Å². The van der Waals surface area contributed by atoms with E-state index in [1.54, 1.807) is 12.1 Å². The molecular formula is C29H35F3N2O3. The topological polar surface area (TPSA) is 62.1 Å². The van der Waals surface area contributed by atoms with E-state index in [2.05, 4.69) is 22.2 Å². The number of carboxylic acid groups (broad SMARTS) is 1. The van der Waals surface area contributed by atoms with Gasteiger partial charge in [-0.25, -0.2) is 0 Å². The number of aliphatic carboxylic acids is 1. The van der Waals surface area contributed by atoms with E-state index in [0.29, 0.717) is 23.4 Å². The van der Waals surface area contributed by atoms with Gasteiger partial charge in [0.2, 0.25) is 0 Å². The summed E-state index contributed by atoms with van der Waals surface area (Å²) in [7, 11) is 1.95. The normalized spacial score (nSPS) is 18.8. The monoisotopic (exact) mass is 516 g/mol. The van der Waals surface area contributed by atoms with E-state index in [1.165, 1.54) is 17.2 Å². The van der Waals surface area contributed by atoms with Gasteiger partial charge in [-0.05, 0) is 85.5 Å². The highest BCUT2D eigenvalue weighted by atomic mass is 19.4. The molecule has 2 aliphatic carbocycles. The molecule has 1 fully saturated rings. The summed E-state index contributed by atoms with van der Waals surface area (Å²) in [6.07, 6.45) is 2.20. The third-order valence-corrected chi connectivity index (χ3v) is 7.72. The third-order valence-electron chi connectivity index (χ3n) is 7.72. The summed E-state index contributed by atoms with van der Waals surface area (Å²) in [6.45, 7) is 2.28. The number of nitrogens with zero attached hydrogens (tertiary/aromatic N) is 2. The molecule has 2 aromatic rings. The first-order valence-corrected chi connectivity index (χ1v) is 13.0. The van der Waals surface area contributed by atoms with Crippen LogP contribution in [0.5, 0.6) is 0 Å². The molecule has 0 spiro atoms. The van der Waals surface area contributed by atoms with Gasteiger partial charge >= 0.3 is 12.1 Å². The van der Waals surface area contributed by atoms with Crippen molar-refractivity contribution < 1.29 is 27.9 Å². The quantitative estimate of drug-likeness (QED) is 0.286. The summed E-state index contributed by atoms with van der Waals surface area (Å²) in [4.78, 5) is 18.5. The van der Waals surface area contributed by atoms with Gasteiger partial charge in [0.1, 0.15) is 6.61 Å². The molecule has 8 heteroatoms. The highest BCUT2D eigenvalue weighted by Crippen LogP contribution is 2.41. The molecular weight excluding hydrogens is 481 g/mol. The number of carboxylic acids is 1. The van der Waals surface area contributed by atoms with Crippen molar-refractivity contribution in [2.45, 2.75) is 83.0 Å². The van der Waals surface area contributed by atoms with E-state index in [0.717, 1.165) is 50.5 Å². The lowest BCUT2D eigenvalue weighted by Gasteiger charge is -2.25. The van der Waals surface area contributed by atoms with Gasteiger partial charge in [-0.15, -0.1) is 0 Å². The maximum atomic E-state index is 13.8. The fraction of sp³-hybridized carbons (Fsp3) is 0.517. The molecule has 2 aliphatic rings. The van der Waals surface area contributed by atoms with Gasteiger partial charge in [0.15, 0.2) is 0 Å². The van der Waals surface area contributed by atoms with Crippen LogP contribution in [-0.2, 0) is 28.8 Å². The van der Waals surface area contributed by atoms with Crippen molar-refractivity contribution >= 4 is 11.7 Å². The molecule has 0 bridgehead atoms. The van der Waals surface area contributed by atoms with Crippen molar-refractivity contribution in [1.29, 1.82) is 0 Å². The van der Waals surface area contributed by atoms with Gasteiger partial charge in [0.05, 0.1) is 17.7 Å².